The monoisotopic (exact) mass is 257 g/mol. The van der Waals surface area contributed by atoms with Crippen LogP contribution >= 0.6 is 0 Å². The number of allylic oxidation sites excluding steroid dienone is 1. The van der Waals surface area contributed by atoms with Crippen LogP contribution in [0, 0.1) is 0 Å². The fourth-order valence-corrected chi connectivity index (χ4v) is 2.60. The van der Waals surface area contributed by atoms with Crippen molar-refractivity contribution in [1.82, 2.24) is 5.32 Å². The summed E-state index contributed by atoms with van der Waals surface area (Å²) < 4.78 is 5.26. The van der Waals surface area contributed by atoms with Crippen LogP contribution in [-0.4, -0.2) is 19.1 Å². The van der Waals surface area contributed by atoms with Gasteiger partial charge < -0.3 is 10.1 Å². The van der Waals surface area contributed by atoms with Gasteiger partial charge in [-0.1, -0.05) is 6.07 Å². The number of carbonyl (C=O) groups is 1. The molecule has 3 heteroatoms. The third kappa shape index (κ3) is 2.80. The van der Waals surface area contributed by atoms with Crippen molar-refractivity contribution in [2.75, 3.05) is 7.11 Å². The highest BCUT2D eigenvalue weighted by molar-refractivity contribution is 5.96. The third-order valence-corrected chi connectivity index (χ3v) is 3.78. The van der Waals surface area contributed by atoms with Gasteiger partial charge in [-0.15, -0.1) is 0 Å². The first-order valence-electron chi connectivity index (χ1n) is 6.94. The Morgan fingerprint density at radius 3 is 2.95 bits per heavy atom. The minimum atomic E-state index is 0.0566. The van der Waals surface area contributed by atoms with Gasteiger partial charge in [0.15, 0.2) is 0 Å². The molecule has 100 valence electrons. The molecule has 1 saturated carbocycles. The van der Waals surface area contributed by atoms with Crippen molar-refractivity contribution in [2.24, 2.45) is 0 Å². The molecule has 1 amide bonds. The molecule has 2 aliphatic rings. The van der Waals surface area contributed by atoms with Crippen molar-refractivity contribution < 1.29 is 9.53 Å². The molecule has 3 nitrogen and oxygen atoms in total. The zero-order valence-electron chi connectivity index (χ0n) is 11.2. The van der Waals surface area contributed by atoms with Crippen molar-refractivity contribution in [3.05, 3.63) is 35.4 Å². The summed E-state index contributed by atoms with van der Waals surface area (Å²) in [5.74, 6) is 0.948. The Kier molecular flexibility index (Phi) is 3.28. The van der Waals surface area contributed by atoms with Gasteiger partial charge in [-0.2, -0.15) is 0 Å². The molecule has 0 saturated heterocycles. The first kappa shape index (κ1) is 12.3. The number of hydrogen-bond donors (Lipinski definition) is 1. The summed E-state index contributed by atoms with van der Waals surface area (Å²) in [6.07, 6.45) is 7.18. The van der Waals surface area contributed by atoms with E-state index >= 15 is 0 Å². The number of methoxy groups -OCH3 is 1. The summed E-state index contributed by atoms with van der Waals surface area (Å²) in [6, 6.07) is 6.55. The number of fused-ring (bicyclic) bond motifs is 1. The van der Waals surface area contributed by atoms with Crippen LogP contribution in [-0.2, 0) is 11.2 Å². The molecule has 2 aliphatic carbocycles. The van der Waals surface area contributed by atoms with Crippen molar-refractivity contribution in [1.29, 1.82) is 0 Å². The Morgan fingerprint density at radius 1 is 1.37 bits per heavy atom. The molecular weight excluding hydrogens is 238 g/mol. The standard InChI is InChI=1S/C16H19NO2/c1-19-14-7-8-15-11(9-14)3-2-4-12(15)10-16(18)17-13-5-6-13/h7-10,13H,2-6H2,1H3,(H,17,18)/b12-10+. The predicted octanol–water partition coefficient (Wildman–Crippen LogP) is 2.69. The Balaban J connectivity index is 1.84. The Morgan fingerprint density at radius 2 is 2.21 bits per heavy atom. The van der Waals surface area contributed by atoms with E-state index in [1.165, 1.54) is 11.1 Å². The Hall–Kier alpha value is -1.77. The van der Waals surface area contributed by atoms with E-state index in [9.17, 15) is 4.79 Å². The van der Waals surface area contributed by atoms with Gasteiger partial charge in [0.25, 0.3) is 0 Å². The average molecular weight is 257 g/mol. The van der Waals surface area contributed by atoms with Crippen molar-refractivity contribution in [3.63, 3.8) is 0 Å². The maximum absolute atomic E-state index is 11.9. The molecule has 0 atom stereocenters. The highest BCUT2D eigenvalue weighted by atomic mass is 16.5. The summed E-state index contributed by atoms with van der Waals surface area (Å²) in [7, 11) is 1.68. The smallest absolute Gasteiger partial charge is 0.244 e. The van der Waals surface area contributed by atoms with E-state index in [0.29, 0.717) is 6.04 Å². The number of nitrogens with one attached hydrogen (secondary N) is 1. The van der Waals surface area contributed by atoms with Crippen LogP contribution in [0.1, 0.15) is 36.8 Å². The fraction of sp³-hybridized carbons (Fsp3) is 0.438. The fourth-order valence-electron chi connectivity index (χ4n) is 2.60. The summed E-state index contributed by atoms with van der Waals surface area (Å²) in [5, 5.41) is 3.01. The number of aryl methyl sites for hydroxylation is 1. The molecule has 19 heavy (non-hydrogen) atoms. The van der Waals surface area contributed by atoms with E-state index in [1.54, 1.807) is 13.2 Å². The van der Waals surface area contributed by atoms with Crippen LogP contribution in [0.5, 0.6) is 5.75 Å². The van der Waals surface area contributed by atoms with Gasteiger partial charge >= 0.3 is 0 Å². The molecule has 3 rings (SSSR count). The van der Waals surface area contributed by atoms with E-state index in [-0.39, 0.29) is 5.91 Å². The molecule has 1 N–H and O–H groups in total. The molecular formula is C16H19NO2. The SMILES string of the molecule is COc1ccc2c(c1)CCC/C2=C\C(=O)NC1CC1. The molecule has 0 bridgehead atoms. The number of ether oxygens (including phenoxy) is 1. The summed E-state index contributed by atoms with van der Waals surface area (Å²) >= 11 is 0. The number of hydrogen-bond acceptors (Lipinski definition) is 2. The Labute approximate surface area is 113 Å². The topological polar surface area (TPSA) is 38.3 Å². The Bertz CT molecular complexity index is 530. The molecule has 1 aromatic carbocycles. The van der Waals surface area contributed by atoms with Gasteiger partial charge in [0.1, 0.15) is 5.75 Å². The lowest BCUT2D eigenvalue weighted by Gasteiger charge is -2.19. The van der Waals surface area contributed by atoms with E-state index in [1.807, 2.05) is 6.07 Å². The first-order chi connectivity index (χ1) is 9.26. The predicted molar refractivity (Wildman–Crippen MR) is 75.1 cm³/mol. The number of amides is 1. The van der Waals surface area contributed by atoms with Gasteiger partial charge in [0.2, 0.25) is 5.91 Å². The van der Waals surface area contributed by atoms with E-state index in [4.69, 9.17) is 4.74 Å². The van der Waals surface area contributed by atoms with E-state index < -0.39 is 0 Å². The van der Waals surface area contributed by atoms with E-state index in [0.717, 1.165) is 43.4 Å². The van der Waals surface area contributed by atoms with Crippen LogP contribution in [0.3, 0.4) is 0 Å². The van der Waals surface area contributed by atoms with Gasteiger partial charge in [0, 0.05) is 12.1 Å². The lowest BCUT2D eigenvalue weighted by Crippen LogP contribution is -2.23. The number of rotatable bonds is 3. The summed E-state index contributed by atoms with van der Waals surface area (Å²) in [6.45, 7) is 0. The van der Waals surface area contributed by atoms with Crippen molar-refractivity contribution in [2.45, 2.75) is 38.1 Å². The molecule has 0 heterocycles. The molecule has 0 aliphatic heterocycles. The van der Waals surface area contributed by atoms with Crippen molar-refractivity contribution >= 4 is 11.5 Å². The minimum absolute atomic E-state index is 0.0566. The molecule has 1 aromatic rings. The van der Waals surface area contributed by atoms with Crippen LogP contribution in [0.25, 0.3) is 5.57 Å². The van der Waals surface area contributed by atoms with Crippen molar-refractivity contribution in [3.8, 4) is 5.75 Å². The van der Waals surface area contributed by atoms with Crippen LogP contribution in [0.2, 0.25) is 0 Å². The second-order valence-corrected chi connectivity index (χ2v) is 5.33. The van der Waals surface area contributed by atoms with Crippen LogP contribution in [0.15, 0.2) is 24.3 Å². The summed E-state index contributed by atoms with van der Waals surface area (Å²) in [4.78, 5) is 11.9. The van der Waals surface area contributed by atoms with Crippen LogP contribution < -0.4 is 10.1 Å². The minimum Gasteiger partial charge on any atom is -0.497 e. The average Bonchev–Trinajstić information content (AvgIpc) is 3.22. The third-order valence-electron chi connectivity index (χ3n) is 3.78. The molecule has 0 radical (unpaired) electrons. The normalized spacial score (nSPS) is 19.9. The highest BCUT2D eigenvalue weighted by Gasteiger charge is 2.23. The quantitative estimate of drug-likeness (QED) is 0.845. The largest absolute Gasteiger partial charge is 0.497 e. The second-order valence-electron chi connectivity index (χ2n) is 5.33. The highest BCUT2D eigenvalue weighted by Crippen LogP contribution is 2.33. The summed E-state index contributed by atoms with van der Waals surface area (Å²) in [5.41, 5.74) is 3.65. The number of benzene rings is 1. The zero-order chi connectivity index (χ0) is 13.2. The van der Waals surface area contributed by atoms with Gasteiger partial charge in [0.05, 0.1) is 7.11 Å². The first-order valence-corrected chi connectivity index (χ1v) is 6.94. The van der Waals surface area contributed by atoms with Gasteiger partial charge in [-0.3, -0.25) is 4.79 Å². The molecule has 1 fully saturated rings. The van der Waals surface area contributed by atoms with Crippen LogP contribution in [0.4, 0.5) is 0 Å². The number of carbonyl (C=O) groups excluding carboxylic acids is 1. The molecule has 0 aromatic heterocycles. The lowest BCUT2D eigenvalue weighted by atomic mass is 9.87. The molecule has 0 unspecified atom stereocenters. The van der Waals surface area contributed by atoms with Gasteiger partial charge in [-0.25, -0.2) is 0 Å². The maximum Gasteiger partial charge on any atom is 0.244 e. The lowest BCUT2D eigenvalue weighted by molar-refractivity contribution is -0.116. The van der Waals surface area contributed by atoms with Gasteiger partial charge in [-0.05, 0) is 60.9 Å². The molecule has 0 spiro atoms. The maximum atomic E-state index is 11.9. The zero-order valence-corrected chi connectivity index (χ0v) is 11.2. The second kappa shape index (κ2) is 5.08. The van der Waals surface area contributed by atoms with E-state index in [2.05, 4.69) is 17.4 Å².